The Morgan fingerprint density at radius 1 is 0.842 bits per heavy atom. The van der Waals surface area contributed by atoms with E-state index in [1.54, 1.807) is 7.11 Å². The predicted molar refractivity (Wildman–Crippen MR) is 160 cm³/mol. The van der Waals surface area contributed by atoms with Crippen molar-refractivity contribution in [1.29, 1.82) is 0 Å². The zero-order valence-electron chi connectivity index (χ0n) is 23.5. The maximum Gasteiger partial charge on any atom is -0.109 e. The summed E-state index contributed by atoms with van der Waals surface area (Å²) in [6.07, 6.45) is 14.3. The van der Waals surface area contributed by atoms with Gasteiger partial charge in [0.25, 0.3) is 0 Å². The van der Waals surface area contributed by atoms with Gasteiger partial charge in [0.15, 0.2) is 0 Å². The van der Waals surface area contributed by atoms with Gasteiger partial charge in [0.1, 0.15) is 17.3 Å². The standard InChI is InChI=1S/C27H28O2.C5H5.C3H6.Ti/c1-27(2,3)25(20-17-21-15-18-23(28-4)19-16-21)26(22-11-7-5-8-12-22)29-24-13-9-6-10-14-24;1-2-4-5-3-1;1-3-2;/h5-20H,1-4H3;1-3H,4H2;1-2H3;/q;-1;;+1. The molecule has 0 unspecified atom stereocenters. The van der Waals surface area contributed by atoms with Crippen LogP contribution in [0, 0.1) is 11.5 Å². The second-order valence-electron chi connectivity index (χ2n) is 9.88. The van der Waals surface area contributed by atoms with Crippen LogP contribution in [0.25, 0.3) is 11.8 Å². The first-order chi connectivity index (χ1) is 18.2. The molecular weight excluding hydrogens is 500 g/mol. The first-order valence-corrected chi connectivity index (χ1v) is 13.6. The molecule has 0 bridgehead atoms. The van der Waals surface area contributed by atoms with Gasteiger partial charge in [-0.05, 0) is 35.2 Å². The van der Waals surface area contributed by atoms with Crippen LogP contribution in [-0.4, -0.2) is 10.9 Å². The Bertz CT molecular complexity index is 1210. The Hall–Kier alpha value is -3.20. The van der Waals surface area contributed by atoms with E-state index in [9.17, 15) is 0 Å². The van der Waals surface area contributed by atoms with Crippen LogP contribution < -0.4 is 9.47 Å². The number of methoxy groups -OCH3 is 1. The van der Waals surface area contributed by atoms with Gasteiger partial charge >= 0.3 is 37.6 Å². The smallest absolute Gasteiger partial charge is 0.109 e. The van der Waals surface area contributed by atoms with Gasteiger partial charge in [0.05, 0.1) is 7.11 Å². The van der Waals surface area contributed by atoms with Crippen molar-refractivity contribution >= 4 is 15.6 Å². The van der Waals surface area contributed by atoms with Crippen LogP contribution in [0.4, 0.5) is 0 Å². The fourth-order valence-electron chi connectivity index (χ4n) is 3.37. The van der Waals surface area contributed by atoms with Gasteiger partial charge in [-0.2, -0.15) is 6.08 Å². The van der Waals surface area contributed by atoms with Gasteiger partial charge in [-0.25, -0.2) is 12.2 Å². The molecule has 0 atom stereocenters. The molecule has 3 heteroatoms. The van der Waals surface area contributed by atoms with E-state index in [0.717, 1.165) is 40.4 Å². The van der Waals surface area contributed by atoms with Gasteiger partial charge < -0.3 is 9.47 Å². The second kappa shape index (κ2) is 16.6. The van der Waals surface area contributed by atoms with Gasteiger partial charge in [0, 0.05) is 11.1 Å². The fourth-order valence-corrected chi connectivity index (χ4v) is 3.37. The van der Waals surface area contributed by atoms with E-state index in [1.165, 1.54) is 3.81 Å². The van der Waals surface area contributed by atoms with Crippen LogP contribution >= 0.6 is 0 Å². The number of hydrogen-bond donors (Lipinski definition) is 0. The minimum Gasteiger partial charge on any atom is -0.273 e. The van der Waals surface area contributed by atoms with Crippen LogP contribution in [0.2, 0.25) is 0 Å². The summed E-state index contributed by atoms with van der Waals surface area (Å²) in [4.78, 5) is 0. The van der Waals surface area contributed by atoms with Crippen molar-refractivity contribution < 1.29 is 29.4 Å². The summed E-state index contributed by atoms with van der Waals surface area (Å²) in [7, 11) is 1.68. The molecule has 0 heterocycles. The molecule has 2 nitrogen and oxygen atoms in total. The van der Waals surface area contributed by atoms with Crippen LogP contribution in [0.3, 0.4) is 0 Å². The molecule has 0 spiro atoms. The Kier molecular flexibility index (Phi) is 13.6. The number of para-hydroxylation sites is 1. The minimum absolute atomic E-state index is 0.108. The quantitative estimate of drug-likeness (QED) is 0.135. The zero-order chi connectivity index (χ0) is 27.8. The van der Waals surface area contributed by atoms with E-state index < -0.39 is 0 Å². The summed E-state index contributed by atoms with van der Waals surface area (Å²) in [5, 5.41) is 0. The molecule has 1 aliphatic carbocycles. The van der Waals surface area contributed by atoms with Crippen molar-refractivity contribution in [1.82, 2.24) is 0 Å². The van der Waals surface area contributed by atoms with E-state index in [-0.39, 0.29) is 5.41 Å². The molecule has 0 amide bonds. The molecule has 0 aliphatic heterocycles. The minimum atomic E-state index is -0.108. The molecule has 3 aromatic carbocycles. The summed E-state index contributed by atoms with van der Waals surface area (Å²) in [5.41, 5.74) is 3.19. The maximum atomic E-state index is 6.42. The first kappa shape index (κ1) is 31.0. The van der Waals surface area contributed by atoms with Crippen molar-refractivity contribution in [2.24, 2.45) is 5.41 Å². The summed E-state index contributed by atoms with van der Waals surface area (Å²) in [6.45, 7) is 10.8. The van der Waals surface area contributed by atoms with Gasteiger partial charge in [-0.3, -0.25) is 6.08 Å². The third kappa shape index (κ3) is 11.9. The van der Waals surface area contributed by atoms with E-state index >= 15 is 0 Å². The van der Waals surface area contributed by atoms with E-state index in [2.05, 4.69) is 103 Å². The summed E-state index contributed by atoms with van der Waals surface area (Å²) in [5.74, 6) is 2.55. The summed E-state index contributed by atoms with van der Waals surface area (Å²) < 4.78 is 13.1. The SMILES string of the molecule is COc1ccc(C=CC(=C(Oc2ccccc2)c2ccccc2)C(C)(C)C)cc1.C[C](C)=[Ti+].[C-]1=CC=CC1. The Balaban J connectivity index is 0.000000479. The average Bonchev–Trinajstić information content (AvgIpc) is 3.49. The molecule has 0 saturated heterocycles. The number of rotatable bonds is 6. The average molecular weight is 540 g/mol. The van der Waals surface area contributed by atoms with Gasteiger partial charge in [0.2, 0.25) is 0 Å². The molecule has 1 aliphatic rings. The van der Waals surface area contributed by atoms with Crippen LogP contribution in [0.5, 0.6) is 11.5 Å². The van der Waals surface area contributed by atoms with Gasteiger partial charge in [-0.1, -0.05) is 93.6 Å². The number of benzene rings is 3. The topological polar surface area (TPSA) is 18.5 Å². The summed E-state index contributed by atoms with van der Waals surface area (Å²) >= 11 is 2.08. The third-order valence-corrected chi connectivity index (χ3v) is 5.20. The molecule has 3 aromatic rings. The molecule has 0 fully saturated rings. The molecule has 195 valence electrons. The normalized spacial score (nSPS) is 12.6. The molecule has 38 heavy (non-hydrogen) atoms. The maximum absolute atomic E-state index is 6.42. The van der Waals surface area contributed by atoms with Crippen molar-refractivity contribution in [3.8, 4) is 11.5 Å². The monoisotopic (exact) mass is 539 g/mol. The van der Waals surface area contributed by atoms with E-state index in [1.807, 2.05) is 72.8 Å². The van der Waals surface area contributed by atoms with E-state index in [0.29, 0.717) is 0 Å². The number of hydrogen-bond acceptors (Lipinski definition) is 2. The van der Waals surface area contributed by atoms with Crippen molar-refractivity contribution in [3.63, 3.8) is 0 Å². The molecule has 0 saturated carbocycles. The Labute approximate surface area is 241 Å². The van der Waals surface area contributed by atoms with Crippen LogP contribution in [-0.2, 0) is 20.0 Å². The first-order valence-electron chi connectivity index (χ1n) is 12.8. The summed E-state index contributed by atoms with van der Waals surface area (Å²) in [6, 6.07) is 28.3. The Morgan fingerprint density at radius 3 is 1.87 bits per heavy atom. The largest absolute Gasteiger partial charge is 0.273 e. The third-order valence-electron chi connectivity index (χ3n) is 5.20. The molecule has 0 radical (unpaired) electrons. The number of ether oxygens (including phenoxy) is 2. The zero-order valence-corrected chi connectivity index (χ0v) is 25.1. The molecule has 4 rings (SSSR count). The molecular formula is C35H39O2Ti. The van der Waals surface area contributed by atoms with Crippen LogP contribution in [0.15, 0.2) is 115 Å². The Morgan fingerprint density at radius 2 is 1.42 bits per heavy atom. The van der Waals surface area contributed by atoms with Crippen LogP contribution in [0.1, 0.15) is 52.2 Å². The van der Waals surface area contributed by atoms with E-state index in [4.69, 9.17) is 9.47 Å². The van der Waals surface area contributed by atoms with Crippen molar-refractivity contribution in [3.05, 3.63) is 132 Å². The molecule has 0 aromatic heterocycles. The number of allylic oxidation sites excluding steroid dienone is 6. The second-order valence-corrected chi connectivity index (χ2v) is 11.4. The predicted octanol–water partition coefficient (Wildman–Crippen LogP) is 9.30. The molecule has 0 N–H and O–H groups in total. The van der Waals surface area contributed by atoms with Crippen molar-refractivity contribution in [2.75, 3.05) is 7.11 Å². The van der Waals surface area contributed by atoms with Gasteiger partial charge in [-0.15, -0.1) is 6.42 Å². The van der Waals surface area contributed by atoms with Crippen molar-refractivity contribution in [2.45, 2.75) is 41.0 Å². The fraction of sp³-hybridized carbons (Fsp3) is 0.229.